The Labute approximate surface area is 131 Å². The lowest BCUT2D eigenvalue weighted by atomic mass is 9.99. The molecule has 5 nitrogen and oxygen atoms in total. The van der Waals surface area contributed by atoms with Gasteiger partial charge in [-0.15, -0.1) is 0 Å². The zero-order chi connectivity index (χ0) is 15.4. The molecule has 0 aliphatic heterocycles. The molecule has 0 saturated heterocycles. The number of carbonyl (C=O) groups is 1. The zero-order valence-electron chi connectivity index (χ0n) is 11.4. The zero-order valence-corrected chi connectivity index (χ0v) is 12.2. The van der Waals surface area contributed by atoms with Gasteiger partial charge in [-0.1, -0.05) is 28.9 Å². The van der Waals surface area contributed by atoms with Crippen molar-refractivity contribution in [2.24, 2.45) is 0 Å². The van der Waals surface area contributed by atoms with Crippen molar-refractivity contribution in [1.82, 2.24) is 15.5 Å². The lowest BCUT2D eigenvalue weighted by Crippen LogP contribution is -2.29. The Bertz CT molecular complexity index is 743. The van der Waals surface area contributed by atoms with Crippen LogP contribution in [-0.4, -0.2) is 16.0 Å². The highest BCUT2D eigenvalue weighted by Crippen LogP contribution is 2.23. The summed E-state index contributed by atoms with van der Waals surface area (Å²) in [6, 6.07) is 12.2. The first kappa shape index (κ1) is 14.3. The predicted molar refractivity (Wildman–Crippen MR) is 81.5 cm³/mol. The summed E-state index contributed by atoms with van der Waals surface area (Å²) in [5.74, 6) is -0.178. The van der Waals surface area contributed by atoms with Crippen LogP contribution in [0.3, 0.4) is 0 Å². The largest absolute Gasteiger partial charge is 0.351 e. The molecular weight excluding hydrogens is 302 g/mol. The second-order valence-electron chi connectivity index (χ2n) is 4.62. The van der Waals surface area contributed by atoms with Gasteiger partial charge in [-0.05, 0) is 35.4 Å². The number of pyridine rings is 1. The lowest BCUT2D eigenvalue weighted by molar-refractivity contribution is 0.0906. The number of hydrogen-bond acceptors (Lipinski definition) is 4. The third-order valence-electron chi connectivity index (χ3n) is 3.18. The highest BCUT2D eigenvalue weighted by atomic mass is 35.5. The summed E-state index contributed by atoms with van der Waals surface area (Å²) in [5.41, 5.74) is 1.81. The fourth-order valence-corrected chi connectivity index (χ4v) is 2.23. The van der Waals surface area contributed by atoms with Crippen LogP contribution in [0.15, 0.2) is 65.6 Å². The number of carbonyl (C=O) groups excluding carboxylic acids is 1. The van der Waals surface area contributed by atoms with E-state index in [1.165, 1.54) is 12.3 Å². The maximum atomic E-state index is 12.2. The van der Waals surface area contributed by atoms with Crippen molar-refractivity contribution in [2.75, 3.05) is 0 Å². The number of nitrogens with zero attached hydrogens (tertiary/aromatic N) is 2. The van der Waals surface area contributed by atoms with Gasteiger partial charge in [0, 0.05) is 23.5 Å². The van der Waals surface area contributed by atoms with E-state index in [-0.39, 0.29) is 17.7 Å². The van der Waals surface area contributed by atoms with E-state index >= 15 is 0 Å². The normalized spacial score (nSPS) is 11.9. The number of aromatic nitrogens is 2. The van der Waals surface area contributed by atoms with Gasteiger partial charge in [-0.3, -0.25) is 9.78 Å². The molecule has 0 spiro atoms. The third kappa shape index (κ3) is 3.15. The molecule has 0 bridgehead atoms. The maximum Gasteiger partial charge on any atom is 0.290 e. The first-order valence-corrected chi connectivity index (χ1v) is 6.99. The van der Waals surface area contributed by atoms with Crippen LogP contribution in [-0.2, 0) is 0 Å². The van der Waals surface area contributed by atoms with Gasteiger partial charge in [0.25, 0.3) is 5.91 Å². The molecule has 0 radical (unpaired) electrons. The van der Waals surface area contributed by atoms with Gasteiger partial charge < -0.3 is 9.84 Å². The van der Waals surface area contributed by atoms with E-state index in [1.807, 2.05) is 24.3 Å². The van der Waals surface area contributed by atoms with Crippen molar-refractivity contribution in [2.45, 2.75) is 6.04 Å². The van der Waals surface area contributed by atoms with Crippen LogP contribution in [0.1, 0.15) is 27.7 Å². The highest BCUT2D eigenvalue weighted by molar-refractivity contribution is 6.30. The minimum atomic E-state index is -0.339. The molecule has 2 aromatic heterocycles. The van der Waals surface area contributed by atoms with Gasteiger partial charge in [0.2, 0.25) is 5.76 Å². The van der Waals surface area contributed by atoms with Crippen molar-refractivity contribution >= 4 is 17.5 Å². The van der Waals surface area contributed by atoms with Crippen molar-refractivity contribution in [3.05, 3.63) is 83.0 Å². The van der Waals surface area contributed by atoms with Crippen LogP contribution in [0.2, 0.25) is 5.02 Å². The summed E-state index contributed by atoms with van der Waals surface area (Å²) < 4.78 is 4.89. The second-order valence-corrected chi connectivity index (χ2v) is 5.05. The lowest BCUT2D eigenvalue weighted by Gasteiger charge is -2.19. The highest BCUT2D eigenvalue weighted by Gasteiger charge is 2.19. The molecule has 3 aromatic rings. The molecule has 1 aromatic carbocycles. The average molecular weight is 314 g/mol. The SMILES string of the molecule is O=C(N[C@H](c1ccncc1)c1ccc(Cl)cc1)c1ccno1. The summed E-state index contributed by atoms with van der Waals surface area (Å²) >= 11 is 5.93. The molecule has 1 atom stereocenters. The van der Waals surface area contributed by atoms with Gasteiger partial charge >= 0.3 is 0 Å². The minimum absolute atomic E-state index is 0.160. The molecule has 0 aliphatic carbocycles. The minimum Gasteiger partial charge on any atom is -0.351 e. The molecule has 1 N–H and O–H groups in total. The van der Waals surface area contributed by atoms with E-state index in [4.69, 9.17) is 16.1 Å². The number of benzene rings is 1. The first-order valence-electron chi connectivity index (χ1n) is 6.61. The molecule has 1 amide bonds. The molecule has 22 heavy (non-hydrogen) atoms. The molecule has 110 valence electrons. The molecular formula is C16H12ClN3O2. The number of amides is 1. The maximum absolute atomic E-state index is 12.2. The van der Waals surface area contributed by atoms with Crippen molar-refractivity contribution < 1.29 is 9.32 Å². The van der Waals surface area contributed by atoms with Gasteiger partial charge in [0.05, 0.1) is 12.2 Å². The first-order chi connectivity index (χ1) is 10.7. The smallest absolute Gasteiger partial charge is 0.290 e. The van der Waals surface area contributed by atoms with Crippen LogP contribution in [0.5, 0.6) is 0 Å². The Kier molecular flexibility index (Phi) is 4.16. The number of rotatable bonds is 4. The Hall–Kier alpha value is -2.66. The number of nitrogens with one attached hydrogen (secondary N) is 1. The van der Waals surface area contributed by atoms with E-state index in [0.29, 0.717) is 5.02 Å². The van der Waals surface area contributed by atoms with E-state index in [0.717, 1.165) is 11.1 Å². The van der Waals surface area contributed by atoms with Crippen molar-refractivity contribution in [3.8, 4) is 0 Å². The molecule has 0 aliphatic rings. The predicted octanol–water partition coefficient (Wildman–Crippen LogP) is 3.24. The number of hydrogen-bond donors (Lipinski definition) is 1. The van der Waals surface area contributed by atoms with Gasteiger partial charge in [-0.2, -0.15) is 0 Å². The van der Waals surface area contributed by atoms with E-state index in [9.17, 15) is 4.79 Å². The summed E-state index contributed by atoms with van der Waals surface area (Å²) in [6.07, 6.45) is 4.79. The summed E-state index contributed by atoms with van der Waals surface area (Å²) in [5, 5.41) is 7.11. The second kappa shape index (κ2) is 6.41. The van der Waals surface area contributed by atoms with Crippen LogP contribution in [0, 0.1) is 0 Å². The summed E-state index contributed by atoms with van der Waals surface area (Å²) in [7, 11) is 0. The quantitative estimate of drug-likeness (QED) is 0.803. The van der Waals surface area contributed by atoms with Crippen molar-refractivity contribution in [1.29, 1.82) is 0 Å². The fourth-order valence-electron chi connectivity index (χ4n) is 2.11. The molecule has 0 fully saturated rings. The molecule has 3 rings (SSSR count). The average Bonchev–Trinajstić information content (AvgIpc) is 3.09. The Morgan fingerprint density at radius 3 is 2.32 bits per heavy atom. The molecule has 0 saturated carbocycles. The third-order valence-corrected chi connectivity index (χ3v) is 3.43. The molecule has 2 heterocycles. The number of halogens is 1. The Morgan fingerprint density at radius 1 is 1.00 bits per heavy atom. The Morgan fingerprint density at radius 2 is 1.68 bits per heavy atom. The van der Waals surface area contributed by atoms with Crippen LogP contribution in [0.25, 0.3) is 0 Å². The fraction of sp³-hybridized carbons (Fsp3) is 0.0625. The van der Waals surface area contributed by atoms with Crippen molar-refractivity contribution in [3.63, 3.8) is 0 Å². The van der Waals surface area contributed by atoms with E-state index < -0.39 is 0 Å². The summed E-state index contributed by atoms with van der Waals surface area (Å²) in [6.45, 7) is 0. The monoisotopic (exact) mass is 313 g/mol. The molecule has 0 unspecified atom stereocenters. The Balaban J connectivity index is 1.93. The van der Waals surface area contributed by atoms with Gasteiger partial charge in [0.15, 0.2) is 0 Å². The van der Waals surface area contributed by atoms with Gasteiger partial charge in [0.1, 0.15) is 0 Å². The summed E-state index contributed by atoms with van der Waals surface area (Å²) in [4.78, 5) is 16.2. The van der Waals surface area contributed by atoms with Crippen LogP contribution >= 0.6 is 11.6 Å². The standard InChI is InChI=1S/C16H12ClN3O2/c17-13-3-1-11(2-4-13)15(12-5-8-18-9-6-12)20-16(21)14-7-10-19-22-14/h1-10,15H,(H,20,21)/t15-/m0/s1. The van der Waals surface area contributed by atoms with E-state index in [1.54, 1.807) is 24.5 Å². The van der Waals surface area contributed by atoms with E-state index in [2.05, 4.69) is 15.5 Å². The molecule has 6 heteroatoms. The van der Waals surface area contributed by atoms with Crippen LogP contribution in [0.4, 0.5) is 0 Å². The van der Waals surface area contributed by atoms with Crippen LogP contribution < -0.4 is 5.32 Å². The topological polar surface area (TPSA) is 68.0 Å². The van der Waals surface area contributed by atoms with Gasteiger partial charge in [-0.25, -0.2) is 0 Å².